The maximum Gasteiger partial charge on any atom is 0.573 e. The number of para-hydroxylation sites is 1. The number of hydrogen-bond acceptors (Lipinski definition) is 8. The first-order valence-electron chi connectivity index (χ1n) is 13.1. The van der Waals surface area contributed by atoms with Crippen molar-refractivity contribution in [1.29, 1.82) is 5.26 Å². The lowest BCUT2D eigenvalue weighted by Crippen LogP contribution is -2.60. The van der Waals surface area contributed by atoms with E-state index in [0.717, 1.165) is 19.3 Å². The van der Waals surface area contributed by atoms with Gasteiger partial charge in [-0.1, -0.05) is 18.2 Å². The van der Waals surface area contributed by atoms with E-state index in [4.69, 9.17) is 0 Å². The number of aliphatic hydroxyl groups excluding tert-OH is 1. The molecule has 1 aromatic carbocycles. The van der Waals surface area contributed by atoms with Crippen LogP contribution in [0.5, 0.6) is 5.75 Å². The number of nitriles is 1. The summed E-state index contributed by atoms with van der Waals surface area (Å²) in [5, 5.41) is 25.5. The Morgan fingerprint density at radius 3 is 2.61 bits per heavy atom. The first-order chi connectivity index (χ1) is 18.2. The highest BCUT2D eigenvalue weighted by Crippen LogP contribution is 2.60. The molecule has 4 aliphatic carbocycles. The summed E-state index contributed by atoms with van der Waals surface area (Å²) in [5.74, 6) is 2.28. The number of likely N-dealkylation sites (N-methyl/N-ethyl adjacent to an activating group) is 1. The molecule has 204 valence electrons. The van der Waals surface area contributed by atoms with Gasteiger partial charge in [0.05, 0.1) is 12.8 Å². The first-order valence-corrected chi connectivity index (χ1v) is 13.1. The highest BCUT2D eigenvalue weighted by atomic mass is 19.4. The smallest absolute Gasteiger partial charge is 0.405 e. The predicted octanol–water partition coefficient (Wildman–Crippen LogP) is 4.39. The molecular weight excluding hydrogens is 497 g/mol. The van der Waals surface area contributed by atoms with E-state index < -0.39 is 6.36 Å². The molecular formula is C27H33F3N6O2. The van der Waals surface area contributed by atoms with Gasteiger partial charge in [-0.15, -0.1) is 13.2 Å². The minimum atomic E-state index is -4.79. The highest BCUT2D eigenvalue weighted by Gasteiger charge is 2.55. The summed E-state index contributed by atoms with van der Waals surface area (Å²) in [6.45, 7) is 1.60. The van der Waals surface area contributed by atoms with E-state index in [9.17, 15) is 23.5 Å². The Morgan fingerprint density at radius 1 is 1.18 bits per heavy atom. The van der Waals surface area contributed by atoms with E-state index in [1.54, 1.807) is 6.07 Å². The third-order valence-corrected chi connectivity index (χ3v) is 8.49. The molecule has 11 heteroatoms. The third-order valence-electron chi connectivity index (χ3n) is 8.49. The Balaban J connectivity index is 1.26. The molecule has 38 heavy (non-hydrogen) atoms. The third kappa shape index (κ3) is 5.66. The Bertz CT molecular complexity index is 1170. The Labute approximate surface area is 220 Å². The average molecular weight is 531 g/mol. The van der Waals surface area contributed by atoms with E-state index in [1.165, 1.54) is 37.2 Å². The van der Waals surface area contributed by atoms with Crippen molar-refractivity contribution >= 4 is 11.8 Å². The second-order valence-corrected chi connectivity index (χ2v) is 11.1. The zero-order valence-electron chi connectivity index (χ0n) is 21.3. The zero-order chi connectivity index (χ0) is 26.9. The molecule has 2 aromatic rings. The molecule has 0 amide bonds. The van der Waals surface area contributed by atoms with E-state index >= 15 is 0 Å². The number of rotatable bonds is 10. The summed E-state index contributed by atoms with van der Waals surface area (Å²) in [6, 6.07) is 8.55. The molecule has 4 aliphatic rings. The Morgan fingerprint density at radius 2 is 1.92 bits per heavy atom. The second-order valence-electron chi connectivity index (χ2n) is 11.1. The fraction of sp³-hybridized carbons (Fsp3) is 0.593. The van der Waals surface area contributed by atoms with Gasteiger partial charge in [0.25, 0.3) is 0 Å². The van der Waals surface area contributed by atoms with Crippen molar-refractivity contribution in [3.05, 3.63) is 41.6 Å². The van der Waals surface area contributed by atoms with Crippen molar-refractivity contribution in [2.24, 2.45) is 23.2 Å². The van der Waals surface area contributed by atoms with Gasteiger partial charge in [-0.05, 0) is 68.4 Å². The normalized spacial score (nSPS) is 27.8. The van der Waals surface area contributed by atoms with Crippen LogP contribution in [-0.2, 0) is 6.54 Å². The van der Waals surface area contributed by atoms with Crippen molar-refractivity contribution in [1.82, 2.24) is 14.9 Å². The molecule has 4 saturated carbocycles. The van der Waals surface area contributed by atoms with Crippen molar-refractivity contribution in [3.8, 4) is 11.8 Å². The molecule has 5 atom stereocenters. The number of benzene rings is 1. The fourth-order valence-corrected chi connectivity index (χ4v) is 7.41. The van der Waals surface area contributed by atoms with Gasteiger partial charge in [0.2, 0.25) is 5.95 Å². The Hall–Kier alpha value is -3.10. The van der Waals surface area contributed by atoms with Crippen LogP contribution in [0, 0.1) is 34.5 Å². The molecule has 0 saturated heterocycles. The van der Waals surface area contributed by atoms with E-state index in [0.29, 0.717) is 53.8 Å². The van der Waals surface area contributed by atoms with Gasteiger partial charge < -0.3 is 25.4 Å². The van der Waals surface area contributed by atoms with Crippen molar-refractivity contribution in [3.63, 3.8) is 0 Å². The van der Waals surface area contributed by atoms with Crippen molar-refractivity contribution in [2.45, 2.75) is 51.1 Å². The Kier molecular flexibility index (Phi) is 7.38. The molecule has 0 aliphatic heterocycles. The van der Waals surface area contributed by atoms with Gasteiger partial charge in [-0.2, -0.15) is 10.2 Å². The number of aliphatic hydroxyl groups is 1. The van der Waals surface area contributed by atoms with Gasteiger partial charge in [0.1, 0.15) is 23.2 Å². The number of hydrogen-bond donors (Lipinski definition) is 3. The molecule has 8 nitrogen and oxygen atoms in total. The molecule has 4 fully saturated rings. The molecule has 1 unspecified atom stereocenters. The van der Waals surface area contributed by atoms with Crippen LogP contribution in [0.25, 0.3) is 0 Å². The SMILES string of the molecule is CN(CCO)[C@@H]1[C@@H]2CC3C[C@H]1C[C@](CNc1nc(NCc4ccccc4OC(F)(F)F)ncc1C#N)(C3)C2. The average Bonchev–Trinajstić information content (AvgIpc) is 2.86. The second kappa shape index (κ2) is 10.6. The molecule has 0 spiro atoms. The standard InChI is InChI=1S/C27H33F3N6O2/c1-36(6-7-37)23-19-8-17-9-20(23)12-26(10-17,11-19)16-34-24-21(13-31)15-33-25(35-24)32-14-18-4-2-3-5-22(18)38-27(28,29)30/h2-5,15,17,19-20,23,37H,6-12,14,16H2,1H3,(H2,32,33,34,35)/t17?,19-,20+,23-,26+. The monoisotopic (exact) mass is 530 g/mol. The van der Waals surface area contributed by atoms with E-state index in [1.807, 2.05) is 0 Å². The van der Waals surface area contributed by atoms with Gasteiger partial charge in [-0.3, -0.25) is 0 Å². The van der Waals surface area contributed by atoms with Crippen molar-refractivity contribution < 1.29 is 23.0 Å². The van der Waals surface area contributed by atoms with Crippen LogP contribution in [0.15, 0.2) is 30.5 Å². The molecule has 4 bridgehead atoms. The molecule has 6 rings (SSSR count). The quantitative estimate of drug-likeness (QED) is 0.415. The van der Waals surface area contributed by atoms with Gasteiger partial charge in [0, 0.05) is 31.2 Å². The number of halogens is 3. The zero-order valence-corrected chi connectivity index (χ0v) is 21.3. The first kappa shape index (κ1) is 26.5. The maximum absolute atomic E-state index is 12.8. The topological polar surface area (TPSA) is 106 Å². The highest BCUT2D eigenvalue weighted by molar-refractivity contribution is 5.53. The van der Waals surface area contributed by atoms with Crippen LogP contribution in [0.3, 0.4) is 0 Å². The lowest BCUT2D eigenvalue weighted by molar-refractivity contribution is -0.274. The maximum atomic E-state index is 12.8. The van der Waals surface area contributed by atoms with Crippen LogP contribution < -0.4 is 15.4 Å². The van der Waals surface area contributed by atoms with Gasteiger partial charge in [0.15, 0.2) is 0 Å². The summed E-state index contributed by atoms with van der Waals surface area (Å²) in [6.07, 6.45) is 2.51. The lowest BCUT2D eigenvalue weighted by Gasteiger charge is -2.62. The van der Waals surface area contributed by atoms with Gasteiger partial charge in [-0.25, -0.2) is 4.98 Å². The van der Waals surface area contributed by atoms with E-state index in [-0.39, 0.29) is 30.3 Å². The lowest BCUT2D eigenvalue weighted by atomic mass is 9.47. The predicted molar refractivity (Wildman–Crippen MR) is 135 cm³/mol. The molecule has 0 radical (unpaired) electrons. The van der Waals surface area contributed by atoms with Crippen LogP contribution in [0.1, 0.15) is 43.2 Å². The summed E-state index contributed by atoms with van der Waals surface area (Å²) >= 11 is 0. The fourth-order valence-electron chi connectivity index (χ4n) is 7.41. The summed E-state index contributed by atoms with van der Waals surface area (Å²) in [7, 11) is 2.12. The number of alkyl halides is 3. The van der Waals surface area contributed by atoms with Gasteiger partial charge >= 0.3 is 6.36 Å². The van der Waals surface area contributed by atoms with Crippen LogP contribution >= 0.6 is 0 Å². The molecule has 1 aromatic heterocycles. The summed E-state index contributed by atoms with van der Waals surface area (Å²) < 4.78 is 42.4. The number of aromatic nitrogens is 2. The number of anilines is 2. The van der Waals surface area contributed by atoms with Crippen LogP contribution in [-0.4, -0.2) is 59.1 Å². The van der Waals surface area contributed by atoms with Crippen LogP contribution in [0.4, 0.5) is 24.9 Å². The number of ether oxygens (including phenoxy) is 1. The molecule has 1 heterocycles. The minimum absolute atomic E-state index is 0.0231. The summed E-state index contributed by atoms with van der Waals surface area (Å²) in [4.78, 5) is 11.0. The molecule has 3 N–H and O–H groups in total. The largest absolute Gasteiger partial charge is 0.573 e. The van der Waals surface area contributed by atoms with E-state index in [2.05, 4.69) is 43.4 Å². The minimum Gasteiger partial charge on any atom is -0.405 e. The number of nitrogens with one attached hydrogen (secondary N) is 2. The van der Waals surface area contributed by atoms with Crippen molar-refractivity contribution in [2.75, 3.05) is 37.4 Å². The number of nitrogens with zero attached hydrogens (tertiary/aromatic N) is 4. The summed E-state index contributed by atoms with van der Waals surface area (Å²) in [5.41, 5.74) is 0.773. The van der Waals surface area contributed by atoms with Crippen LogP contribution in [0.2, 0.25) is 0 Å².